The Labute approximate surface area is 374 Å². The van der Waals surface area contributed by atoms with Gasteiger partial charge in [-0.05, 0) is 87.8 Å². The lowest BCUT2D eigenvalue weighted by Gasteiger charge is -2.31. The zero-order chi connectivity index (χ0) is 44.8. The molecule has 8 rings (SSSR count). The van der Waals surface area contributed by atoms with Gasteiger partial charge < -0.3 is 39.4 Å². The molecule has 334 valence electrons. The number of benzene rings is 4. The van der Waals surface area contributed by atoms with Crippen LogP contribution < -0.4 is 10.6 Å². The molecule has 64 heavy (non-hydrogen) atoms. The molecule has 7 atom stereocenters. The van der Waals surface area contributed by atoms with Crippen LogP contribution in [0.1, 0.15) is 102 Å². The molecular formula is C52H56N2O10. The number of fused-ring (bicyclic) bond motifs is 2. The van der Waals surface area contributed by atoms with E-state index in [4.69, 9.17) is 23.7 Å². The van der Waals surface area contributed by atoms with Crippen LogP contribution in [0.5, 0.6) is 0 Å². The van der Waals surface area contributed by atoms with Crippen LogP contribution in [0.25, 0.3) is 6.08 Å². The van der Waals surface area contributed by atoms with Crippen molar-refractivity contribution in [1.29, 1.82) is 0 Å². The Morgan fingerprint density at radius 3 is 2.28 bits per heavy atom. The molecular weight excluding hydrogens is 813 g/mol. The maximum atomic E-state index is 14.3. The summed E-state index contributed by atoms with van der Waals surface area (Å²) >= 11 is 0. The number of nitrogens with one attached hydrogen (secondary N) is 2. The van der Waals surface area contributed by atoms with E-state index in [1.54, 1.807) is 63.2 Å². The van der Waals surface area contributed by atoms with Crippen LogP contribution in [0.4, 0.5) is 0 Å². The van der Waals surface area contributed by atoms with Gasteiger partial charge in [0, 0.05) is 41.6 Å². The zero-order valence-corrected chi connectivity index (χ0v) is 36.4. The van der Waals surface area contributed by atoms with E-state index in [0.717, 1.165) is 36.0 Å². The second-order valence-electron chi connectivity index (χ2n) is 17.9. The highest BCUT2D eigenvalue weighted by molar-refractivity contribution is 5.96. The average molecular weight is 869 g/mol. The van der Waals surface area contributed by atoms with Crippen LogP contribution in [0, 0.1) is 5.92 Å². The molecule has 12 heteroatoms. The van der Waals surface area contributed by atoms with Gasteiger partial charge in [0.1, 0.15) is 23.9 Å². The van der Waals surface area contributed by atoms with Crippen molar-refractivity contribution < 1.29 is 48.0 Å². The van der Waals surface area contributed by atoms with Gasteiger partial charge in [0.15, 0.2) is 0 Å². The van der Waals surface area contributed by atoms with Gasteiger partial charge in [-0.25, -0.2) is 4.79 Å². The fourth-order valence-corrected chi connectivity index (χ4v) is 8.75. The van der Waals surface area contributed by atoms with Gasteiger partial charge in [-0.1, -0.05) is 103 Å². The van der Waals surface area contributed by atoms with Crippen molar-refractivity contribution in [3.05, 3.63) is 160 Å². The third-order valence-corrected chi connectivity index (χ3v) is 12.0. The summed E-state index contributed by atoms with van der Waals surface area (Å²) in [6.45, 7) is 5.06. The van der Waals surface area contributed by atoms with Crippen LogP contribution in [0.15, 0.2) is 127 Å². The summed E-state index contributed by atoms with van der Waals surface area (Å²) in [6, 6.07) is 32.6. The SMILES string of the molecule is CC(C)(C)OC(=O)CC[C@@H](CO)NC(=O)c1cccc(CNC(=O)C2=C[C@H]3OC(c4ccccc4)(c4ccccc4)O[C@H]3[C@H](OC(=O)c3ccccc3C=CC3CCC4OC4C3)C2)c1. The second kappa shape index (κ2) is 19.4. The van der Waals surface area contributed by atoms with Crippen molar-refractivity contribution in [2.24, 2.45) is 5.92 Å². The second-order valence-corrected chi connectivity index (χ2v) is 17.9. The predicted molar refractivity (Wildman–Crippen MR) is 238 cm³/mol. The summed E-state index contributed by atoms with van der Waals surface area (Å²) in [5, 5.41) is 15.7. The van der Waals surface area contributed by atoms with Crippen molar-refractivity contribution in [2.75, 3.05) is 6.61 Å². The Bertz CT molecular complexity index is 2330. The molecule has 3 fully saturated rings. The minimum Gasteiger partial charge on any atom is -0.460 e. The summed E-state index contributed by atoms with van der Waals surface area (Å²) in [4.78, 5) is 53.9. The van der Waals surface area contributed by atoms with Crippen molar-refractivity contribution >= 4 is 29.8 Å². The number of aliphatic hydroxyl groups is 1. The molecule has 4 aliphatic rings. The molecule has 0 radical (unpaired) electrons. The number of rotatable bonds is 15. The number of hydrogen-bond donors (Lipinski definition) is 3. The number of carbonyl (C=O) groups excluding carboxylic acids is 4. The fraction of sp³-hybridized carbons (Fsp3) is 0.385. The molecule has 3 N–H and O–H groups in total. The van der Waals surface area contributed by atoms with E-state index in [1.807, 2.05) is 78.9 Å². The average Bonchev–Trinajstić information content (AvgIpc) is 3.97. The highest BCUT2D eigenvalue weighted by atomic mass is 16.8. The number of ether oxygens (including phenoxy) is 5. The van der Waals surface area contributed by atoms with Crippen LogP contribution >= 0.6 is 0 Å². The van der Waals surface area contributed by atoms with Crippen molar-refractivity contribution in [1.82, 2.24) is 10.6 Å². The van der Waals surface area contributed by atoms with Crippen LogP contribution in [-0.2, 0) is 45.6 Å². The largest absolute Gasteiger partial charge is 0.460 e. The maximum Gasteiger partial charge on any atom is 0.339 e. The zero-order valence-electron chi connectivity index (χ0n) is 36.4. The molecule has 2 amide bonds. The molecule has 2 aliphatic heterocycles. The third kappa shape index (κ3) is 10.7. The summed E-state index contributed by atoms with van der Waals surface area (Å²) in [5.41, 5.74) is 3.33. The van der Waals surface area contributed by atoms with Gasteiger partial charge >= 0.3 is 11.9 Å². The van der Waals surface area contributed by atoms with E-state index in [-0.39, 0.29) is 32.4 Å². The van der Waals surface area contributed by atoms with E-state index >= 15 is 0 Å². The summed E-state index contributed by atoms with van der Waals surface area (Å²) in [6.07, 6.45) is 7.55. The molecule has 4 aromatic rings. The Balaban J connectivity index is 0.995. The molecule has 0 spiro atoms. The quantitative estimate of drug-likeness (QED) is 0.0815. The number of aliphatic hydroxyl groups excluding tert-OH is 1. The summed E-state index contributed by atoms with van der Waals surface area (Å²) in [5.74, 6) is -2.77. The summed E-state index contributed by atoms with van der Waals surface area (Å²) < 4.78 is 31.3. The van der Waals surface area contributed by atoms with Gasteiger partial charge in [0.05, 0.1) is 30.4 Å². The molecule has 0 bridgehead atoms. The number of allylic oxidation sites excluding steroid dienone is 1. The minimum absolute atomic E-state index is 0.0329. The topological polar surface area (TPSA) is 162 Å². The smallest absolute Gasteiger partial charge is 0.339 e. The van der Waals surface area contributed by atoms with E-state index in [9.17, 15) is 24.3 Å². The number of epoxide rings is 1. The highest BCUT2D eigenvalue weighted by Gasteiger charge is 2.55. The predicted octanol–water partition coefficient (Wildman–Crippen LogP) is 7.34. The summed E-state index contributed by atoms with van der Waals surface area (Å²) in [7, 11) is 0. The lowest BCUT2D eigenvalue weighted by molar-refractivity contribution is -0.157. The standard InChI is InChI=1S/C52H56N2O10/c1-51(2,3)63-46(56)26-24-40(32-55)54-49(58)36-15-12-13-34(27-36)31-53-48(57)37-29-44(61-50(59)41-20-11-10-14-35(41)23-21-33-22-25-42-43(28-33)60-42)47-45(30-37)62-52(64-47,38-16-6-4-7-17-38)39-18-8-5-9-19-39/h4-21,23,27,30,33,40,42-45,47,55H,22,24-26,28-29,31-32H2,1-3H3,(H,53,57)(H,54,58)/t33?,40-,42?,43?,44+,45+,47-/m0/s1. The monoisotopic (exact) mass is 868 g/mol. The first-order chi connectivity index (χ1) is 30.9. The van der Waals surface area contributed by atoms with Gasteiger partial charge in [-0.15, -0.1) is 0 Å². The number of amides is 2. The highest BCUT2D eigenvalue weighted by Crippen LogP contribution is 2.47. The van der Waals surface area contributed by atoms with E-state index in [2.05, 4.69) is 16.7 Å². The molecule has 12 nitrogen and oxygen atoms in total. The van der Waals surface area contributed by atoms with E-state index in [1.165, 1.54) is 0 Å². The Hall–Kier alpha value is -5.92. The van der Waals surface area contributed by atoms with Crippen LogP contribution in [0.3, 0.4) is 0 Å². The van der Waals surface area contributed by atoms with Crippen molar-refractivity contribution in [3.63, 3.8) is 0 Å². The first-order valence-corrected chi connectivity index (χ1v) is 22.2. The molecule has 2 saturated heterocycles. The molecule has 2 aliphatic carbocycles. The van der Waals surface area contributed by atoms with Gasteiger partial charge in [0.2, 0.25) is 11.7 Å². The number of esters is 2. The lowest BCUT2D eigenvalue weighted by Crippen LogP contribution is -2.43. The molecule has 2 heterocycles. The molecule has 3 unspecified atom stereocenters. The Morgan fingerprint density at radius 2 is 1.58 bits per heavy atom. The third-order valence-electron chi connectivity index (χ3n) is 12.0. The van der Waals surface area contributed by atoms with Gasteiger partial charge in [-0.2, -0.15) is 0 Å². The molecule has 4 aromatic carbocycles. The first-order valence-electron chi connectivity index (χ1n) is 22.2. The van der Waals surface area contributed by atoms with E-state index in [0.29, 0.717) is 40.4 Å². The molecule has 1 saturated carbocycles. The minimum atomic E-state index is -1.36. The van der Waals surface area contributed by atoms with Crippen molar-refractivity contribution in [3.8, 4) is 0 Å². The fourth-order valence-electron chi connectivity index (χ4n) is 8.75. The lowest BCUT2D eigenvalue weighted by atomic mass is 9.88. The number of carbonyl (C=O) groups is 4. The van der Waals surface area contributed by atoms with Crippen LogP contribution in [-0.4, -0.2) is 77.6 Å². The normalized spacial score (nSPS) is 23.8. The number of hydrogen-bond acceptors (Lipinski definition) is 10. The van der Waals surface area contributed by atoms with Gasteiger partial charge in [-0.3, -0.25) is 14.4 Å². The van der Waals surface area contributed by atoms with Gasteiger partial charge in [0.25, 0.3) is 5.91 Å². The van der Waals surface area contributed by atoms with E-state index < -0.39 is 59.5 Å². The Morgan fingerprint density at radius 1 is 0.859 bits per heavy atom. The first kappa shape index (κ1) is 44.7. The Kier molecular flexibility index (Phi) is 13.6. The van der Waals surface area contributed by atoms with Crippen molar-refractivity contribution in [2.45, 2.75) is 114 Å². The maximum absolute atomic E-state index is 14.3. The molecule has 0 aromatic heterocycles. The van der Waals surface area contributed by atoms with Crippen LogP contribution in [0.2, 0.25) is 0 Å².